The van der Waals surface area contributed by atoms with Crippen molar-refractivity contribution in [3.63, 3.8) is 0 Å². The maximum Gasteiger partial charge on any atom is 0.197 e. The minimum Gasteiger partial charge on any atom is -0.356 e. The number of guanidine groups is 1. The van der Waals surface area contributed by atoms with Gasteiger partial charge in [0.25, 0.3) is 0 Å². The molecule has 5 nitrogen and oxygen atoms in total. The van der Waals surface area contributed by atoms with Gasteiger partial charge in [-0.15, -0.1) is 11.3 Å². The van der Waals surface area contributed by atoms with Crippen LogP contribution in [0.3, 0.4) is 0 Å². The summed E-state index contributed by atoms with van der Waals surface area (Å²) in [6.45, 7) is 2.59. The zero-order valence-corrected chi connectivity index (χ0v) is 11.2. The van der Waals surface area contributed by atoms with Crippen LogP contribution in [0.4, 0.5) is 5.13 Å². The molecule has 1 aromatic rings. The van der Waals surface area contributed by atoms with Gasteiger partial charge in [-0.2, -0.15) is 11.8 Å². The van der Waals surface area contributed by atoms with Crippen LogP contribution in [0.5, 0.6) is 0 Å². The average molecular weight is 271 g/mol. The van der Waals surface area contributed by atoms with Crippen molar-refractivity contribution in [3.8, 4) is 0 Å². The van der Waals surface area contributed by atoms with Crippen LogP contribution in [-0.2, 0) is 5.75 Å². The Labute approximate surface area is 109 Å². The summed E-state index contributed by atoms with van der Waals surface area (Å²) in [7, 11) is 0. The topological polar surface area (TPSA) is 75.3 Å². The highest BCUT2D eigenvalue weighted by atomic mass is 32.2. The number of aliphatic imine (C=N–C) groups is 1. The lowest BCUT2D eigenvalue weighted by Crippen LogP contribution is -2.35. The summed E-state index contributed by atoms with van der Waals surface area (Å²) < 4.78 is 0. The lowest BCUT2D eigenvalue weighted by atomic mass is 10.4. The van der Waals surface area contributed by atoms with E-state index >= 15 is 0 Å². The Hall–Kier alpha value is -0.790. The first-order valence-corrected chi connectivity index (χ1v) is 7.69. The predicted octanol–water partition coefficient (Wildman–Crippen LogP) is 1.10. The maximum atomic E-state index is 5.45. The van der Waals surface area contributed by atoms with Crippen molar-refractivity contribution < 1.29 is 0 Å². The largest absolute Gasteiger partial charge is 0.356 e. The first-order valence-electron chi connectivity index (χ1n) is 5.66. The number of thiazole rings is 1. The zero-order chi connectivity index (χ0) is 11.9. The van der Waals surface area contributed by atoms with Crippen LogP contribution in [0, 0.1) is 0 Å². The van der Waals surface area contributed by atoms with Gasteiger partial charge in [0, 0.05) is 36.5 Å². The van der Waals surface area contributed by atoms with E-state index in [9.17, 15) is 0 Å². The van der Waals surface area contributed by atoms with E-state index < -0.39 is 0 Å². The van der Waals surface area contributed by atoms with Crippen molar-refractivity contribution in [3.05, 3.63) is 11.1 Å². The molecule has 1 aliphatic heterocycles. The van der Waals surface area contributed by atoms with Crippen LogP contribution in [0.25, 0.3) is 0 Å². The van der Waals surface area contributed by atoms with Gasteiger partial charge in [-0.05, 0) is 6.42 Å². The molecule has 4 N–H and O–H groups in total. The van der Waals surface area contributed by atoms with Crippen LogP contribution >= 0.6 is 23.1 Å². The molecule has 0 atom stereocenters. The highest BCUT2D eigenvalue weighted by Gasteiger charge is 2.07. The third-order valence-electron chi connectivity index (χ3n) is 2.19. The van der Waals surface area contributed by atoms with Crippen LogP contribution in [0.15, 0.2) is 10.4 Å². The number of nitrogens with one attached hydrogen (secondary N) is 2. The van der Waals surface area contributed by atoms with Crippen molar-refractivity contribution in [2.75, 3.05) is 30.7 Å². The number of hydrogen-bond donors (Lipinski definition) is 3. The zero-order valence-electron chi connectivity index (χ0n) is 9.61. The molecule has 0 aliphatic carbocycles. The van der Waals surface area contributed by atoms with E-state index in [2.05, 4.69) is 26.0 Å². The number of nitrogens with zero attached hydrogens (tertiary/aromatic N) is 2. The minimum absolute atomic E-state index is 0.723. The Bertz CT molecular complexity index is 377. The molecule has 0 fully saturated rings. The number of anilines is 1. The summed E-state index contributed by atoms with van der Waals surface area (Å²) >= 11 is 3.42. The van der Waals surface area contributed by atoms with Gasteiger partial charge >= 0.3 is 0 Å². The van der Waals surface area contributed by atoms with Crippen molar-refractivity contribution in [2.24, 2.45) is 10.7 Å². The van der Waals surface area contributed by atoms with Gasteiger partial charge < -0.3 is 16.4 Å². The average Bonchev–Trinajstić information content (AvgIpc) is 2.79. The molecule has 0 spiro atoms. The number of thioether (sulfide) groups is 1. The van der Waals surface area contributed by atoms with Gasteiger partial charge in [0.1, 0.15) is 0 Å². The molecule has 1 aromatic heterocycles. The molecular weight excluding hydrogens is 254 g/mol. The molecule has 2 heterocycles. The molecule has 0 amide bonds. The fourth-order valence-electron chi connectivity index (χ4n) is 1.41. The Morgan fingerprint density at radius 1 is 1.59 bits per heavy atom. The second-order valence-corrected chi connectivity index (χ2v) is 5.58. The second-order valence-electron chi connectivity index (χ2n) is 3.62. The Morgan fingerprint density at radius 3 is 3.29 bits per heavy atom. The predicted molar refractivity (Wildman–Crippen MR) is 75.9 cm³/mol. The molecule has 2 rings (SSSR count). The molecule has 0 unspecified atom stereocenters. The Kier molecular flexibility index (Phi) is 5.08. The van der Waals surface area contributed by atoms with Gasteiger partial charge in [-0.25, -0.2) is 4.98 Å². The van der Waals surface area contributed by atoms with E-state index in [4.69, 9.17) is 5.73 Å². The normalized spacial score (nSPS) is 15.2. The lowest BCUT2D eigenvalue weighted by Gasteiger charge is -2.14. The second kappa shape index (κ2) is 6.83. The van der Waals surface area contributed by atoms with Gasteiger partial charge in [0.15, 0.2) is 11.1 Å². The maximum absolute atomic E-state index is 5.45. The minimum atomic E-state index is 0.723. The standard InChI is InChI=1S/C10H17N5S2/c11-2-5-16-6-8-7-17-10(14-8)15-9-12-3-1-4-13-9/h7H,1-6,11H2,(H2,12,13,14,15). The molecule has 7 heteroatoms. The van der Waals surface area contributed by atoms with E-state index in [0.29, 0.717) is 0 Å². The molecule has 0 aromatic carbocycles. The monoisotopic (exact) mass is 271 g/mol. The smallest absolute Gasteiger partial charge is 0.197 e. The number of rotatable bonds is 5. The van der Waals surface area contributed by atoms with E-state index in [0.717, 1.165) is 54.3 Å². The molecule has 94 valence electrons. The van der Waals surface area contributed by atoms with Crippen molar-refractivity contribution in [1.82, 2.24) is 10.3 Å². The summed E-state index contributed by atoms with van der Waals surface area (Å²) in [4.78, 5) is 8.85. The first-order chi connectivity index (χ1) is 8.38. The molecule has 0 saturated carbocycles. The van der Waals surface area contributed by atoms with E-state index in [1.54, 1.807) is 11.3 Å². The molecule has 17 heavy (non-hydrogen) atoms. The van der Waals surface area contributed by atoms with Crippen molar-refractivity contribution in [2.45, 2.75) is 12.2 Å². The fraction of sp³-hybridized carbons (Fsp3) is 0.600. The summed E-state index contributed by atoms with van der Waals surface area (Å²) in [6.07, 6.45) is 1.10. The summed E-state index contributed by atoms with van der Waals surface area (Å²) in [5.74, 6) is 2.75. The third kappa shape index (κ3) is 4.18. The molecular formula is C10H17N5S2. The van der Waals surface area contributed by atoms with Crippen LogP contribution in [0.1, 0.15) is 12.1 Å². The van der Waals surface area contributed by atoms with Crippen LogP contribution in [-0.4, -0.2) is 36.3 Å². The third-order valence-corrected chi connectivity index (χ3v) is 4.02. The first kappa shape index (κ1) is 12.7. The SMILES string of the molecule is NCCSCc1csc(NC2=NCCCN2)n1. The van der Waals surface area contributed by atoms with Crippen LogP contribution in [0.2, 0.25) is 0 Å². The number of hydrogen-bond acceptors (Lipinski definition) is 7. The Balaban J connectivity index is 1.83. The summed E-state index contributed by atoms with van der Waals surface area (Å²) in [5, 5.41) is 9.40. The highest BCUT2D eigenvalue weighted by Crippen LogP contribution is 2.19. The van der Waals surface area contributed by atoms with Gasteiger partial charge in [-0.1, -0.05) is 0 Å². The van der Waals surface area contributed by atoms with Crippen molar-refractivity contribution >= 4 is 34.2 Å². The number of nitrogens with two attached hydrogens (primary N) is 1. The fourth-order valence-corrected chi connectivity index (χ4v) is 2.89. The van der Waals surface area contributed by atoms with E-state index in [1.807, 2.05) is 11.8 Å². The quantitative estimate of drug-likeness (QED) is 0.699. The van der Waals surface area contributed by atoms with Crippen molar-refractivity contribution in [1.29, 1.82) is 0 Å². The lowest BCUT2D eigenvalue weighted by molar-refractivity contribution is 0.740. The highest BCUT2D eigenvalue weighted by molar-refractivity contribution is 7.98. The van der Waals surface area contributed by atoms with Gasteiger partial charge in [0.2, 0.25) is 0 Å². The van der Waals surface area contributed by atoms with E-state index in [-0.39, 0.29) is 0 Å². The summed E-state index contributed by atoms with van der Waals surface area (Å²) in [6, 6.07) is 0. The summed E-state index contributed by atoms with van der Waals surface area (Å²) in [5.41, 5.74) is 6.55. The van der Waals surface area contributed by atoms with Gasteiger partial charge in [-0.3, -0.25) is 4.99 Å². The molecule has 0 radical (unpaired) electrons. The molecule has 1 aliphatic rings. The van der Waals surface area contributed by atoms with E-state index in [1.165, 1.54) is 0 Å². The Morgan fingerprint density at radius 2 is 2.53 bits per heavy atom. The number of aromatic nitrogens is 1. The van der Waals surface area contributed by atoms with Gasteiger partial charge in [0.05, 0.1) is 5.69 Å². The molecule has 0 saturated heterocycles. The van der Waals surface area contributed by atoms with Crippen LogP contribution < -0.4 is 16.4 Å². The molecule has 0 bridgehead atoms.